The number of aromatic carboxylic acids is 1. The van der Waals surface area contributed by atoms with E-state index < -0.39 is 11.9 Å². The second kappa shape index (κ2) is 13.9. The number of amides is 1. The van der Waals surface area contributed by atoms with E-state index in [1.54, 1.807) is 13.1 Å². The third-order valence-electron chi connectivity index (χ3n) is 3.84. The third kappa shape index (κ3) is 7.93. The van der Waals surface area contributed by atoms with Gasteiger partial charge in [0, 0.05) is 12.4 Å². The van der Waals surface area contributed by atoms with Crippen molar-refractivity contribution in [3.8, 4) is 0 Å². The normalized spacial score (nSPS) is 11.5. The number of hydrogen-bond acceptors (Lipinski definition) is 7. The third-order valence-corrected chi connectivity index (χ3v) is 4.91. The van der Waals surface area contributed by atoms with Crippen LogP contribution in [0.25, 0.3) is 11.1 Å². The zero-order valence-corrected chi connectivity index (χ0v) is 23.7. The Balaban J connectivity index is 0.00000480. The molecule has 0 aliphatic rings. The fraction of sp³-hybridized carbons (Fsp3) is 0.227. The number of carbonyl (C=O) groups excluding carboxylic acids is 1. The van der Waals surface area contributed by atoms with Crippen molar-refractivity contribution in [3.05, 3.63) is 71.6 Å². The van der Waals surface area contributed by atoms with Crippen LogP contribution in [0.4, 0.5) is 5.69 Å². The summed E-state index contributed by atoms with van der Waals surface area (Å²) in [7, 11) is 3.83. The van der Waals surface area contributed by atoms with Gasteiger partial charge in [0.05, 0.1) is 22.5 Å². The van der Waals surface area contributed by atoms with E-state index in [0.717, 1.165) is 16.9 Å². The number of aromatic nitrogens is 2. The molecule has 0 saturated carbocycles. The molecule has 0 bridgehead atoms. The van der Waals surface area contributed by atoms with E-state index in [4.69, 9.17) is 10.8 Å². The quantitative estimate of drug-likeness (QED) is 0.222. The number of aryl methyl sites for hydroxylation is 1. The summed E-state index contributed by atoms with van der Waals surface area (Å²) in [6, 6.07) is 1.35. The second-order valence-electron chi connectivity index (χ2n) is 6.49. The fourth-order valence-corrected chi connectivity index (χ4v) is 3.29. The summed E-state index contributed by atoms with van der Waals surface area (Å²) >= 11 is 1.31. The predicted octanol–water partition coefficient (Wildman–Crippen LogP) is 3.61. The van der Waals surface area contributed by atoms with Crippen LogP contribution in [0.15, 0.2) is 36.9 Å². The van der Waals surface area contributed by atoms with E-state index in [1.165, 1.54) is 29.8 Å². The molecule has 32 heavy (non-hydrogen) atoms. The van der Waals surface area contributed by atoms with Gasteiger partial charge in [0.1, 0.15) is 5.01 Å². The van der Waals surface area contributed by atoms with Gasteiger partial charge >= 0.3 is 37.1 Å². The first-order valence-corrected chi connectivity index (χ1v) is 9.94. The Morgan fingerprint density at radius 2 is 2.00 bits per heavy atom. The van der Waals surface area contributed by atoms with E-state index >= 15 is 0 Å². The van der Waals surface area contributed by atoms with Gasteiger partial charge < -0.3 is 28.5 Å². The summed E-state index contributed by atoms with van der Waals surface area (Å²) in [6.45, 7) is 3.69. The molecule has 0 aromatic carbocycles. The van der Waals surface area contributed by atoms with Crippen molar-refractivity contribution in [2.45, 2.75) is 20.3 Å². The number of nitrogens with one attached hydrogen (secondary N) is 1. The Labute approximate surface area is 216 Å². The molecule has 0 fully saturated rings. The molecule has 0 aliphatic carbocycles. The Bertz CT molecular complexity index is 1030. The molecule has 2 aromatic heterocycles. The largest absolute Gasteiger partial charge is 2.00 e. The topological polar surface area (TPSA) is 121 Å². The molecular weight excluding hydrogens is 652 g/mol. The summed E-state index contributed by atoms with van der Waals surface area (Å²) in [4.78, 5) is 35.1. The summed E-state index contributed by atoms with van der Waals surface area (Å²) < 4.78 is 0. The molecule has 168 valence electrons. The number of allylic oxidation sites excluding steroid dienone is 3. The molecule has 0 radical (unpaired) electrons. The second-order valence-corrected chi connectivity index (χ2v) is 7.52. The Morgan fingerprint density at radius 3 is 2.56 bits per heavy atom. The maximum absolute atomic E-state index is 12.8. The Kier molecular flexibility index (Phi) is 12.8. The van der Waals surface area contributed by atoms with Gasteiger partial charge in [-0.3, -0.25) is 14.8 Å². The summed E-state index contributed by atoms with van der Waals surface area (Å²) in [5.41, 5.74) is 7.49. The zero-order chi connectivity index (χ0) is 22.3. The predicted molar refractivity (Wildman–Crippen MR) is 125 cm³/mol. The fourth-order valence-electron chi connectivity index (χ4n) is 2.38. The summed E-state index contributed by atoms with van der Waals surface area (Å²) in [5, 5.41) is 12.2. The molecule has 10 heteroatoms. The van der Waals surface area contributed by atoms with Crippen LogP contribution in [0.5, 0.6) is 0 Å². The Morgan fingerprint density at radius 1 is 1.31 bits per heavy atom. The van der Waals surface area contributed by atoms with Gasteiger partial charge in [-0.15, -0.1) is 12.3 Å². The van der Waals surface area contributed by atoms with Crippen molar-refractivity contribution in [2.75, 3.05) is 19.4 Å². The Hall–Kier alpha value is -2.41. The molecule has 0 spiro atoms. The van der Waals surface area contributed by atoms with Gasteiger partial charge in [-0.05, 0) is 39.7 Å². The monoisotopic (exact) mass is 679 g/mol. The average Bonchev–Trinajstić information content (AvgIpc) is 3.16. The van der Waals surface area contributed by atoms with E-state index in [9.17, 15) is 9.59 Å². The maximum atomic E-state index is 12.8. The van der Waals surface area contributed by atoms with E-state index in [2.05, 4.69) is 21.4 Å². The van der Waals surface area contributed by atoms with Gasteiger partial charge in [-0.2, -0.15) is 23.0 Å². The van der Waals surface area contributed by atoms with Crippen LogP contribution in [0.2, 0.25) is 0 Å². The first kappa shape index (κ1) is 29.6. The summed E-state index contributed by atoms with van der Waals surface area (Å²) in [6.07, 6.45) is 12.0. The van der Waals surface area contributed by atoms with E-state index in [-0.39, 0.29) is 49.7 Å². The van der Waals surface area contributed by atoms with Crippen LogP contribution in [0.1, 0.15) is 39.3 Å². The van der Waals surface area contributed by atoms with Crippen LogP contribution in [0.3, 0.4) is 0 Å². The molecule has 2 rings (SSSR count). The minimum Gasteiger partial charge on any atom is -0.478 e. The molecule has 4 N–H and O–H groups in total. The molecule has 0 saturated heterocycles. The first-order chi connectivity index (χ1) is 14.3. The first-order valence-electron chi connectivity index (χ1n) is 9.13. The number of carboxylic acid groups (broad SMARTS) is 1. The average molecular weight is 680 g/mol. The van der Waals surface area contributed by atoms with Crippen LogP contribution in [-0.2, 0) is 4.79 Å². The van der Waals surface area contributed by atoms with Crippen LogP contribution < -0.4 is 11.1 Å². The van der Waals surface area contributed by atoms with Crippen molar-refractivity contribution in [1.82, 2.24) is 14.9 Å². The van der Waals surface area contributed by atoms with Crippen LogP contribution in [-0.4, -0.2) is 45.9 Å². The molecular formula is C22H27N5O3SU. The van der Waals surface area contributed by atoms with Gasteiger partial charge in [0.15, 0.2) is 0 Å². The van der Waals surface area contributed by atoms with Crippen LogP contribution >= 0.6 is 11.3 Å². The van der Waals surface area contributed by atoms with E-state index in [0.29, 0.717) is 16.4 Å². The zero-order valence-electron chi connectivity index (χ0n) is 18.8. The maximum Gasteiger partial charge on any atom is 2.00 e. The minimum atomic E-state index is -1.13. The molecule has 0 unspecified atom stereocenters. The SMILES string of the molecule is CCC=[C-]/C(=C\N(C)C)c1cnc(/C(=C\N)C(=O)Nc2cc(C(=O)O)cnc2C)s1.[CH3-].[U+2]. The summed E-state index contributed by atoms with van der Waals surface area (Å²) in [5.74, 6) is -1.63. The number of thiazole rings is 1. The standard InChI is InChI=1S/C21H24N5O3S.CH3.U/c1-5-6-7-14(12-26(3)4)18-11-24-20(30-18)16(9-22)19(27)25-17-8-15(21(28)29)10-23-13(17)2;;/h6,8-12H,5,22H2,1-4H3,(H,25,27)(H,28,29);1H3;/q2*-1;+2/b14-12+,16-9-;;. The van der Waals surface area contributed by atoms with Gasteiger partial charge in [0.25, 0.3) is 5.91 Å². The van der Waals surface area contributed by atoms with Crippen molar-refractivity contribution < 1.29 is 45.8 Å². The van der Waals surface area contributed by atoms with Gasteiger partial charge in [-0.25, -0.2) is 4.79 Å². The van der Waals surface area contributed by atoms with E-state index in [1.807, 2.05) is 38.2 Å². The minimum absolute atomic E-state index is 0. The van der Waals surface area contributed by atoms with Crippen LogP contribution in [0, 0.1) is 51.5 Å². The number of nitrogens with zero attached hydrogens (tertiary/aromatic N) is 3. The number of carbonyl (C=O) groups is 2. The number of anilines is 1. The van der Waals surface area contributed by atoms with Gasteiger partial charge in [-0.1, -0.05) is 11.8 Å². The molecule has 8 nitrogen and oxygen atoms in total. The smallest absolute Gasteiger partial charge is 0.478 e. The number of pyridine rings is 1. The number of nitrogens with two attached hydrogens (primary N) is 1. The molecule has 2 heterocycles. The van der Waals surface area contributed by atoms with Crippen molar-refractivity contribution in [3.63, 3.8) is 0 Å². The number of carboxylic acids is 1. The number of hydrogen-bond donors (Lipinski definition) is 3. The molecule has 0 atom stereocenters. The van der Waals surface area contributed by atoms with Gasteiger partial charge in [0.2, 0.25) is 0 Å². The molecule has 0 aliphatic heterocycles. The van der Waals surface area contributed by atoms with Crippen molar-refractivity contribution in [2.24, 2.45) is 5.73 Å². The van der Waals surface area contributed by atoms with Crippen molar-refractivity contribution in [1.29, 1.82) is 0 Å². The number of rotatable bonds is 8. The molecule has 2 aromatic rings. The molecule has 1 amide bonds. The van der Waals surface area contributed by atoms with Crippen molar-refractivity contribution >= 4 is 40.0 Å².